The lowest BCUT2D eigenvalue weighted by Gasteiger charge is -2.10. The monoisotopic (exact) mass is 659 g/mol. The molecule has 10 nitrogen and oxygen atoms in total. The van der Waals surface area contributed by atoms with Crippen molar-refractivity contribution >= 4 is 28.8 Å². The van der Waals surface area contributed by atoms with Gasteiger partial charge in [-0.3, -0.25) is 14.6 Å². The van der Waals surface area contributed by atoms with E-state index < -0.39 is 23.6 Å². The molecule has 13 heteroatoms. The summed E-state index contributed by atoms with van der Waals surface area (Å²) >= 11 is 0. The fourth-order valence-corrected chi connectivity index (χ4v) is 4.66. The third-order valence-electron chi connectivity index (χ3n) is 6.89. The number of alkyl halides is 3. The lowest BCUT2D eigenvalue weighted by Crippen LogP contribution is -2.23. The van der Waals surface area contributed by atoms with Crippen LogP contribution in [-0.2, 0) is 30.7 Å². The molecule has 0 radical (unpaired) electrons. The van der Waals surface area contributed by atoms with Crippen LogP contribution in [0.15, 0.2) is 102 Å². The van der Waals surface area contributed by atoms with E-state index in [0.29, 0.717) is 40.3 Å². The van der Waals surface area contributed by atoms with Gasteiger partial charge in [0.2, 0.25) is 5.91 Å². The molecular weight excluding hydrogens is 623 g/mol. The van der Waals surface area contributed by atoms with Gasteiger partial charge in [-0.2, -0.15) is 13.2 Å². The number of benzene rings is 4. The van der Waals surface area contributed by atoms with Crippen molar-refractivity contribution in [2.24, 2.45) is 22.2 Å². The van der Waals surface area contributed by atoms with Crippen molar-refractivity contribution in [1.29, 1.82) is 0 Å². The Morgan fingerprint density at radius 1 is 0.896 bits per heavy atom. The topological polar surface area (TPSA) is 164 Å². The van der Waals surface area contributed by atoms with Crippen molar-refractivity contribution < 1.29 is 27.5 Å². The van der Waals surface area contributed by atoms with Gasteiger partial charge in [0, 0.05) is 24.2 Å². The average molecular weight is 660 g/mol. The van der Waals surface area contributed by atoms with Crippen LogP contribution in [0.25, 0.3) is 22.4 Å². The molecule has 0 bridgehead atoms. The number of carbonyl (C=O) groups excluding carboxylic acids is 2. The van der Waals surface area contributed by atoms with Gasteiger partial charge in [-0.15, -0.1) is 0 Å². The van der Waals surface area contributed by atoms with Crippen molar-refractivity contribution in [2.75, 3.05) is 6.54 Å². The number of imidazole rings is 1. The number of halogens is 3. The standard InChI is InChI=1S/C31H25F3N4O3.C4H11N3/c32-31(33,34)24-10-4-8-21(14-24)17-36-30(40)23-12-13-27-26(16-23)37-29(38(27)18-28(35)39)22-9-5-11-25(15-22)41-19-20-6-2-1-3-7-20;1-2-3-7-4(5)6/h1-16H,17-19H2,(H2,35,39)(H,36,40);2-3H2,1H3,(H4,5,6,7). The van der Waals surface area contributed by atoms with Gasteiger partial charge >= 0.3 is 6.18 Å². The summed E-state index contributed by atoms with van der Waals surface area (Å²) in [4.78, 5) is 33.2. The van der Waals surface area contributed by atoms with Gasteiger partial charge in [0.25, 0.3) is 5.91 Å². The molecule has 5 aromatic rings. The zero-order chi connectivity index (χ0) is 34.7. The van der Waals surface area contributed by atoms with E-state index in [1.165, 1.54) is 12.1 Å². The highest BCUT2D eigenvalue weighted by Gasteiger charge is 2.30. The number of aliphatic imine (C=N–C) groups is 1. The largest absolute Gasteiger partial charge is 0.489 e. The lowest BCUT2D eigenvalue weighted by atomic mass is 10.1. The van der Waals surface area contributed by atoms with Crippen LogP contribution in [0.3, 0.4) is 0 Å². The molecule has 4 aromatic carbocycles. The second-order valence-corrected chi connectivity index (χ2v) is 10.7. The van der Waals surface area contributed by atoms with Crippen LogP contribution in [0.1, 0.15) is 40.4 Å². The summed E-state index contributed by atoms with van der Waals surface area (Å²) in [5, 5.41) is 2.65. The maximum absolute atomic E-state index is 13.0. The second-order valence-electron chi connectivity index (χ2n) is 10.7. The zero-order valence-electron chi connectivity index (χ0n) is 26.2. The minimum absolute atomic E-state index is 0.0854. The number of aromatic nitrogens is 2. The van der Waals surface area contributed by atoms with Gasteiger partial charge < -0.3 is 31.8 Å². The van der Waals surface area contributed by atoms with E-state index in [1.54, 1.807) is 22.8 Å². The first kappa shape index (κ1) is 35.0. The van der Waals surface area contributed by atoms with Gasteiger partial charge in [-0.25, -0.2) is 4.98 Å². The number of ether oxygens (including phenoxy) is 1. The van der Waals surface area contributed by atoms with Crippen molar-refractivity contribution in [1.82, 2.24) is 14.9 Å². The Bertz CT molecular complexity index is 1890. The minimum Gasteiger partial charge on any atom is -0.489 e. The first-order valence-electron chi connectivity index (χ1n) is 15.0. The molecule has 0 fully saturated rings. The third-order valence-corrected chi connectivity index (χ3v) is 6.89. The smallest absolute Gasteiger partial charge is 0.416 e. The number of hydrogen-bond acceptors (Lipinski definition) is 5. The molecule has 1 heterocycles. The van der Waals surface area contributed by atoms with Crippen LogP contribution in [-0.4, -0.2) is 33.9 Å². The van der Waals surface area contributed by atoms with Crippen molar-refractivity contribution in [3.63, 3.8) is 0 Å². The predicted octanol–water partition coefficient (Wildman–Crippen LogP) is 5.39. The summed E-state index contributed by atoms with van der Waals surface area (Å²) in [5.74, 6) is 0.211. The zero-order valence-corrected chi connectivity index (χ0v) is 26.2. The first-order valence-corrected chi connectivity index (χ1v) is 15.0. The molecule has 0 saturated heterocycles. The van der Waals surface area contributed by atoms with E-state index in [9.17, 15) is 22.8 Å². The number of primary amides is 1. The molecule has 0 spiro atoms. The Hall–Kier alpha value is -5.85. The average Bonchev–Trinajstić information content (AvgIpc) is 3.42. The summed E-state index contributed by atoms with van der Waals surface area (Å²) in [6.07, 6.45) is -3.47. The molecule has 0 saturated carbocycles. The van der Waals surface area contributed by atoms with Gasteiger partial charge in [0.05, 0.1) is 16.6 Å². The van der Waals surface area contributed by atoms with Crippen LogP contribution in [0.4, 0.5) is 13.2 Å². The number of nitrogens with zero attached hydrogens (tertiary/aromatic N) is 3. The van der Waals surface area contributed by atoms with Crippen LogP contribution < -0.4 is 27.3 Å². The van der Waals surface area contributed by atoms with Gasteiger partial charge in [0.1, 0.15) is 24.7 Å². The number of fused-ring (bicyclic) bond motifs is 1. The Morgan fingerprint density at radius 2 is 1.62 bits per heavy atom. The molecule has 7 N–H and O–H groups in total. The van der Waals surface area contributed by atoms with Crippen LogP contribution in [0.2, 0.25) is 0 Å². The molecule has 0 aliphatic heterocycles. The minimum atomic E-state index is -4.47. The number of carbonyl (C=O) groups is 2. The number of guanidine groups is 1. The van der Waals surface area contributed by atoms with Gasteiger partial charge in [-0.05, 0) is 60.0 Å². The quantitative estimate of drug-likeness (QED) is 0.110. The Balaban J connectivity index is 0.000000671. The van der Waals surface area contributed by atoms with Crippen LogP contribution in [0.5, 0.6) is 5.75 Å². The maximum atomic E-state index is 13.0. The fraction of sp³-hybridized carbons (Fsp3) is 0.200. The highest BCUT2D eigenvalue weighted by atomic mass is 19.4. The molecule has 2 amide bonds. The first-order chi connectivity index (χ1) is 22.9. The van der Waals surface area contributed by atoms with Crippen molar-refractivity contribution in [3.05, 3.63) is 119 Å². The molecule has 0 aliphatic rings. The van der Waals surface area contributed by atoms with Gasteiger partial charge in [0.15, 0.2) is 5.96 Å². The summed E-state index contributed by atoms with van der Waals surface area (Å²) in [6, 6.07) is 26.6. The highest BCUT2D eigenvalue weighted by molar-refractivity contribution is 5.98. The van der Waals surface area contributed by atoms with E-state index in [4.69, 9.17) is 21.9 Å². The van der Waals surface area contributed by atoms with E-state index in [-0.39, 0.29) is 24.6 Å². The molecule has 0 atom stereocenters. The molecule has 0 aliphatic carbocycles. The third kappa shape index (κ3) is 9.82. The normalized spacial score (nSPS) is 10.9. The number of hydrogen-bond donors (Lipinski definition) is 4. The van der Waals surface area contributed by atoms with Crippen molar-refractivity contribution in [3.8, 4) is 17.1 Å². The number of nitrogens with two attached hydrogens (primary N) is 3. The molecular formula is C35H36F3N7O3. The highest BCUT2D eigenvalue weighted by Crippen LogP contribution is 2.30. The Kier molecular flexibility index (Phi) is 11.8. The molecule has 0 unspecified atom stereocenters. The van der Waals surface area contributed by atoms with E-state index in [2.05, 4.69) is 15.3 Å². The molecule has 5 rings (SSSR count). The molecule has 250 valence electrons. The predicted molar refractivity (Wildman–Crippen MR) is 179 cm³/mol. The van der Waals surface area contributed by atoms with E-state index >= 15 is 0 Å². The van der Waals surface area contributed by atoms with Crippen molar-refractivity contribution in [2.45, 2.75) is 39.2 Å². The number of amides is 2. The molecule has 1 aromatic heterocycles. The maximum Gasteiger partial charge on any atom is 0.416 e. The summed E-state index contributed by atoms with van der Waals surface area (Å²) in [6.45, 7) is 2.91. The van der Waals surface area contributed by atoms with Gasteiger partial charge in [-0.1, -0.05) is 61.5 Å². The molecule has 48 heavy (non-hydrogen) atoms. The number of rotatable bonds is 11. The van der Waals surface area contributed by atoms with Crippen LogP contribution >= 0.6 is 0 Å². The summed E-state index contributed by atoms with van der Waals surface area (Å²) in [5.41, 5.74) is 18.1. The summed E-state index contributed by atoms with van der Waals surface area (Å²) in [7, 11) is 0. The van der Waals surface area contributed by atoms with Crippen LogP contribution in [0, 0.1) is 0 Å². The summed E-state index contributed by atoms with van der Waals surface area (Å²) < 4.78 is 46.7. The SMILES string of the molecule is CCCN=C(N)N.NC(=O)Cn1c(-c2cccc(OCc3ccccc3)c2)nc2cc(C(=O)NCc3cccc(C(F)(F)F)c3)ccc21. The fourth-order valence-electron chi connectivity index (χ4n) is 4.66. The Morgan fingerprint density at radius 3 is 2.29 bits per heavy atom. The lowest BCUT2D eigenvalue weighted by molar-refractivity contribution is -0.137. The number of nitrogens with one attached hydrogen (secondary N) is 1. The van der Waals surface area contributed by atoms with E-state index in [0.717, 1.165) is 30.7 Å². The second kappa shape index (κ2) is 16.1. The Labute approximate surface area is 275 Å². The van der Waals surface area contributed by atoms with E-state index in [1.807, 2.05) is 61.5 Å².